The molecule has 1 aromatic heterocycles. The summed E-state index contributed by atoms with van der Waals surface area (Å²) in [5.41, 5.74) is 0.432. The topological polar surface area (TPSA) is 72.8 Å². The van der Waals surface area contributed by atoms with Gasteiger partial charge in [0.2, 0.25) is 0 Å². The van der Waals surface area contributed by atoms with Gasteiger partial charge in [0.15, 0.2) is 0 Å². The lowest BCUT2D eigenvalue weighted by Gasteiger charge is -2.39. The number of hydrogen-bond acceptors (Lipinski definition) is 6. The maximum Gasteiger partial charge on any atom is 0.274 e. The smallest absolute Gasteiger partial charge is 0.274 e. The van der Waals surface area contributed by atoms with Crippen molar-refractivity contribution in [3.8, 4) is 0 Å². The van der Waals surface area contributed by atoms with E-state index in [1.165, 1.54) is 0 Å². The molecule has 7 nitrogen and oxygen atoms in total. The Hall–Kier alpha value is -1.73. The third-order valence-corrected chi connectivity index (χ3v) is 4.80. The summed E-state index contributed by atoms with van der Waals surface area (Å²) in [4.78, 5) is 27.5. The minimum atomic E-state index is -0.0158. The molecule has 3 heterocycles. The average Bonchev–Trinajstić information content (AvgIpc) is 3.11. The van der Waals surface area contributed by atoms with Crippen LogP contribution in [0.5, 0.6) is 0 Å². The summed E-state index contributed by atoms with van der Waals surface area (Å²) in [7, 11) is 2.08. The Morgan fingerprint density at radius 3 is 2.78 bits per heavy atom. The number of aliphatic hydroxyl groups is 1. The summed E-state index contributed by atoms with van der Waals surface area (Å²) in [5, 5.41) is 9.21. The number of hydrogen-bond donors (Lipinski definition) is 1. The molecule has 3 rings (SSSR count). The van der Waals surface area contributed by atoms with Gasteiger partial charge in [-0.15, -0.1) is 0 Å². The quantitative estimate of drug-likeness (QED) is 0.856. The zero-order valence-corrected chi connectivity index (χ0v) is 13.7. The van der Waals surface area contributed by atoms with Gasteiger partial charge in [0.1, 0.15) is 11.5 Å². The lowest BCUT2D eigenvalue weighted by Crippen LogP contribution is -2.52. The molecule has 0 bridgehead atoms. The number of carbonyl (C=O) groups is 1. The first kappa shape index (κ1) is 16.1. The Morgan fingerprint density at radius 2 is 2.04 bits per heavy atom. The highest BCUT2D eigenvalue weighted by atomic mass is 16.3. The Kier molecular flexibility index (Phi) is 5.07. The summed E-state index contributed by atoms with van der Waals surface area (Å²) in [6.07, 6.45) is 6.17. The van der Waals surface area contributed by atoms with Crippen LogP contribution in [0.4, 0.5) is 5.82 Å². The van der Waals surface area contributed by atoms with Crippen molar-refractivity contribution >= 4 is 11.7 Å². The third kappa shape index (κ3) is 3.61. The van der Waals surface area contributed by atoms with Gasteiger partial charge in [0, 0.05) is 45.4 Å². The highest BCUT2D eigenvalue weighted by Gasteiger charge is 2.26. The molecule has 0 spiro atoms. The standard InChI is InChI=1S/C16H25N5O2/c1-19-7-8-21(12-13(19)4-9-22)15-11-17-10-14(18-15)16(23)20-5-2-3-6-20/h10-11,13,22H,2-9,12H2,1H3/t13-/m0/s1. The molecule has 23 heavy (non-hydrogen) atoms. The number of nitrogens with zero attached hydrogens (tertiary/aromatic N) is 5. The predicted molar refractivity (Wildman–Crippen MR) is 87.5 cm³/mol. The number of piperazine rings is 1. The number of anilines is 1. The molecule has 2 aliphatic rings. The Bertz CT molecular complexity index is 547. The van der Waals surface area contributed by atoms with Crippen LogP contribution < -0.4 is 4.90 Å². The fraction of sp³-hybridized carbons (Fsp3) is 0.688. The molecule has 1 amide bonds. The van der Waals surface area contributed by atoms with Gasteiger partial charge in [-0.3, -0.25) is 14.7 Å². The molecule has 0 radical (unpaired) electrons. The van der Waals surface area contributed by atoms with Crippen molar-refractivity contribution in [2.45, 2.75) is 25.3 Å². The lowest BCUT2D eigenvalue weighted by molar-refractivity contribution is 0.0786. The molecule has 2 aliphatic heterocycles. The van der Waals surface area contributed by atoms with E-state index in [1.807, 2.05) is 4.90 Å². The molecule has 2 saturated heterocycles. The number of carbonyl (C=O) groups excluding carboxylic acids is 1. The second-order valence-corrected chi connectivity index (χ2v) is 6.35. The van der Waals surface area contributed by atoms with Gasteiger partial charge in [-0.2, -0.15) is 0 Å². The predicted octanol–water partition coefficient (Wildman–Crippen LogP) is 0.215. The summed E-state index contributed by atoms with van der Waals surface area (Å²) in [5.74, 6) is 0.740. The zero-order valence-electron chi connectivity index (χ0n) is 13.7. The monoisotopic (exact) mass is 319 g/mol. The molecule has 0 aliphatic carbocycles. The second-order valence-electron chi connectivity index (χ2n) is 6.35. The van der Waals surface area contributed by atoms with E-state index in [1.54, 1.807) is 12.4 Å². The van der Waals surface area contributed by atoms with Crippen LogP contribution in [0.3, 0.4) is 0 Å². The molecular weight excluding hydrogens is 294 g/mol. The Morgan fingerprint density at radius 1 is 1.26 bits per heavy atom. The average molecular weight is 319 g/mol. The maximum atomic E-state index is 12.5. The lowest BCUT2D eigenvalue weighted by atomic mass is 10.1. The van der Waals surface area contributed by atoms with Gasteiger partial charge < -0.3 is 14.9 Å². The molecule has 0 saturated carbocycles. The van der Waals surface area contributed by atoms with Gasteiger partial charge >= 0.3 is 0 Å². The molecule has 0 aromatic carbocycles. The van der Waals surface area contributed by atoms with Crippen LogP contribution in [0.15, 0.2) is 12.4 Å². The first-order valence-electron chi connectivity index (χ1n) is 8.36. The summed E-state index contributed by atoms with van der Waals surface area (Å²) >= 11 is 0. The normalized spacial score (nSPS) is 22.6. The van der Waals surface area contributed by atoms with Crippen molar-refractivity contribution < 1.29 is 9.90 Å². The number of likely N-dealkylation sites (N-methyl/N-ethyl adjacent to an activating group) is 1. The van der Waals surface area contributed by atoms with Crippen molar-refractivity contribution in [2.24, 2.45) is 0 Å². The van der Waals surface area contributed by atoms with Crippen molar-refractivity contribution in [1.82, 2.24) is 19.8 Å². The third-order valence-electron chi connectivity index (χ3n) is 4.80. The van der Waals surface area contributed by atoms with Gasteiger partial charge in [0.05, 0.1) is 12.4 Å². The molecule has 2 fully saturated rings. The van der Waals surface area contributed by atoms with Crippen LogP contribution in [0.2, 0.25) is 0 Å². The minimum absolute atomic E-state index is 0.0158. The van der Waals surface area contributed by atoms with E-state index in [4.69, 9.17) is 0 Å². The van der Waals surface area contributed by atoms with E-state index in [-0.39, 0.29) is 12.5 Å². The van der Waals surface area contributed by atoms with Crippen LogP contribution >= 0.6 is 0 Å². The highest BCUT2D eigenvalue weighted by molar-refractivity contribution is 5.92. The Labute approximate surface area is 136 Å². The highest BCUT2D eigenvalue weighted by Crippen LogP contribution is 2.18. The fourth-order valence-electron chi connectivity index (χ4n) is 3.31. The van der Waals surface area contributed by atoms with Crippen molar-refractivity contribution in [3.05, 3.63) is 18.1 Å². The molecular formula is C16H25N5O2. The number of likely N-dealkylation sites (tertiary alicyclic amines) is 1. The fourth-order valence-corrected chi connectivity index (χ4v) is 3.31. The zero-order chi connectivity index (χ0) is 16.2. The van der Waals surface area contributed by atoms with Gasteiger partial charge in [-0.1, -0.05) is 0 Å². The molecule has 1 atom stereocenters. The van der Waals surface area contributed by atoms with Crippen molar-refractivity contribution in [1.29, 1.82) is 0 Å². The van der Waals surface area contributed by atoms with Crippen LogP contribution in [-0.4, -0.2) is 83.2 Å². The Balaban J connectivity index is 1.72. The van der Waals surface area contributed by atoms with E-state index in [0.717, 1.165) is 57.8 Å². The van der Waals surface area contributed by atoms with E-state index >= 15 is 0 Å². The minimum Gasteiger partial charge on any atom is -0.396 e. The van der Waals surface area contributed by atoms with E-state index in [0.29, 0.717) is 11.7 Å². The van der Waals surface area contributed by atoms with Crippen LogP contribution in [0.25, 0.3) is 0 Å². The summed E-state index contributed by atoms with van der Waals surface area (Å²) in [6, 6.07) is 0.300. The van der Waals surface area contributed by atoms with E-state index in [9.17, 15) is 9.90 Å². The molecule has 1 N–H and O–H groups in total. The second kappa shape index (κ2) is 7.23. The van der Waals surface area contributed by atoms with Crippen LogP contribution in [0, 0.1) is 0 Å². The maximum absolute atomic E-state index is 12.5. The molecule has 1 aromatic rings. The van der Waals surface area contributed by atoms with E-state index in [2.05, 4.69) is 26.8 Å². The van der Waals surface area contributed by atoms with Crippen LogP contribution in [-0.2, 0) is 0 Å². The number of aliphatic hydroxyl groups excluding tert-OH is 1. The number of amides is 1. The van der Waals surface area contributed by atoms with Gasteiger partial charge in [0.25, 0.3) is 5.91 Å². The van der Waals surface area contributed by atoms with Gasteiger partial charge in [-0.25, -0.2) is 4.98 Å². The summed E-state index contributed by atoms with van der Waals surface area (Å²) in [6.45, 7) is 4.38. The van der Waals surface area contributed by atoms with E-state index < -0.39 is 0 Å². The van der Waals surface area contributed by atoms with Gasteiger partial charge in [-0.05, 0) is 26.3 Å². The molecule has 7 heteroatoms. The number of rotatable bonds is 4. The van der Waals surface area contributed by atoms with Crippen molar-refractivity contribution in [3.63, 3.8) is 0 Å². The molecule has 126 valence electrons. The summed E-state index contributed by atoms with van der Waals surface area (Å²) < 4.78 is 0. The SMILES string of the molecule is CN1CCN(c2cncc(C(=O)N3CCCC3)n2)C[C@@H]1CCO. The first-order chi connectivity index (χ1) is 11.2. The number of aromatic nitrogens is 2. The largest absolute Gasteiger partial charge is 0.396 e. The van der Waals surface area contributed by atoms with Crippen LogP contribution in [0.1, 0.15) is 29.8 Å². The molecule has 0 unspecified atom stereocenters. The first-order valence-corrected chi connectivity index (χ1v) is 8.36. The van der Waals surface area contributed by atoms with Crippen molar-refractivity contribution in [2.75, 3.05) is 51.3 Å².